The minimum atomic E-state index is -0.609. The number of carbonyl (C=O) groups excluding carboxylic acids is 2. The zero-order valence-electron chi connectivity index (χ0n) is 12.2. The molecule has 0 bridgehead atoms. The van der Waals surface area contributed by atoms with Crippen molar-refractivity contribution in [2.24, 2.45) is 0 Å². The van der Waals surface area contributed by atoms with Gasteiger partial charge in [0.1, 0.15) is 6.04 Å². The van der Waals surface area contributed by atoms with E-state index in [9.17, 15) is 9.59 Å². The third-order valence-electron chi connectivity index (χ3n) is 3.55. The van der Waals surface area contributed by atoms with Gasteiger partial charge in [-0.3, -0.25) is 4.79 Å². The van der Waals surface area contributed by atoms with Crippen LogP contribution in [-0.2, 0) is 4.79 Å². The van der Waals surface area contributed by atoms with Crippen molar-refractivity contribution >= 4 is 29.0 Å². The van der Waals surface area contributed by atoms with Crippen molar-refractivity contribution in [3.63, 3.8) is 0 Å². The van der Waals surface area contributed by atoms with Crippen LogP contribution in [0.5, 0.6) is 0 Å². The van der Waals surface area contributed by atoms with Gasteiger partial charge >= 0.3 is 6.03 Å². The van der Waals surface area contributed by atoms with Gasteiger partial charge in [0, 0.05) is 23.7 Å². The molecule has 1 aliphatic rings. The van der Waals surface area contributed by atoms with Crippen molar-refractivity contribution in [1.82, 2.24) is 10.2 Å². The average Bonchev–Trinajstić information content (AvgIpc) is 3.09. The summed E-state index contributed by atoms with van der Waals surface area (Å²) in [5.74, 6) is -0.173. The van der Waals surface area contributed by atoms with Crippen LogP contribution in [0.2, 0.25) is 0 Å². The highest BCUT2D eigenvalue weighted by atomic mass is 32.1. The summed E-state index contributed by atoms with van der Waals surface area (Å²) in [5, 5.41) is 16.2. The smallest absolute Gasteiger partial charge is 0.322 e. The lowest BCUT2D eigenvalue weighted by atomic mass is 10.1. The maximum Gasteiger partial charge on any atom is 0.322 e. The number of benzene rings is 1. The van der Waals surface area contributed by atoms with E-state index < -0.39 is 6.04 Å². The molecule has 3 amide bonds. The SMILES string of the molecule is N#Cc1ccc(NC(=O)N2CCNC(=O)[C@H]2c2cccs2)cc1. The summed E-state index contributed by atoms with van der Waals surface area (Å²) >= 11 is 1.45. The lowest BCUT2D eigenvalue weighted by Gasteiger charge is -2.34. The normalized spacial score (nSPS) is 17.3. The second kappa shape index (κ2) is 6.50. The molecule has 116 valence electrons. The van der Waals surface area contributed by atoms with Crippen molar-refractivity contribution < 1.29 is 9.59 Å². The van der Waals surface area contributed by atoms with Gasteiger partial charge < -0.3 is 15.5 Å². The molecule has 0 aliphatic carbocycles. The molecule has 1 saturated heterocycles. The number of thiophene rings is 1. The standard InChI is InChI=1S/C16H14N4O2S/c17-10-11-3-5-12(6-4-11)19-16(22)20-8-7-18-15(21)14(20)13-2-1-9-23-13/h1-6,9,14H,7-8H2,(H,18,21)(H,19,22)/t14-/m1/s1. The van der Waals surface area contributed by atoms with E-state index in [2.05, 4.69) is 10.6 Å². The van der Waals surface area contributed by atoms with Gasteiger partial charge in [-0.15, -0.1) is 11.3 Å². The molecule has 1 atom stereocenters. The molecule has 1 aliphatic heterocycles. The molecule has 1 fully saturated rings. The Bertz CT molecular complexity index is 749. The maximum atomic E-state index is 12.5. The first-order chi connectivity index (χ1) is 11.2. The van der Waals surface area contributed by atoms with Gasteiger partial charge in [0.05, 0.1) is 11.6 Å². The van der Waals surface area contributed by atoms with Crippen molar-refractivity contribution in [3.05, 3.63) is 52.2 Å². The van der Waals surface area contributed by atoms with Gasteiger partial charge in [-0.05, 0) is 35.7 Å². The predicted octanol–water partition coefficient (Wildman–Crippen LogP) is 2.32. The number of nitrogens with zero attached hydrogens (tertiary/aromatic N) is 2. The molecule has 1 aromatic heterocycles. The van der Waals surface area contributed by atoms with E-state index in [4.69, 9.17) is 5.26 Å². The molecule has 0 radical (unpaired) electrons. The molecule has 1 aromatic carbocycles. The molecule has 23 heavy (non-hydrogen) atoms. The Morgan fingerprint density at radius 2 is 2.13 bits per heavy atom. The quantitative estimate of drug-likeness (QED) is 0.888. The number of amides is 3. The van der Waals surface area contributed by atoms with E-state index in [1.807, 2.05) is 23.6 Å². The molecular formula is C16H14N4O2S. The van der Waals surface area contributed by atoms with Crippen LogP contribution in [0.3, 0.4) is 0 Å². The van der Waals surface area contributed by atoms with Crippen molar-refractivity contribution in [1.29, 1.82) is 5.26 Å². The van der Waals surface area contributed by atoms with Gasteiger partial charge in [0.25, 0.3) is 0 Å². The summed E-state index contributed by atoms with van der Waals surface area (Å²) in [7, 11) is 0. The van der Waals surface area contributed by atoms with Gasteiger partial charge in [-0.2, -0.15) is 5.26 Å². The summed E-state index contributed by atoms with van der Waals surface area (Å²) in [4.78, 5) is 27.1. The third-order valence-corrected chi connectivity index (χ3v) is 4.48. The fourth-order valence-electron chi connectivity index (χ4n) is 2.44. The molecule has 2 heterocycles. The van der Waals surface area contributed by atoms with Crippen LogP contribution in [0.4, 0.5) is 10.5 Å². The Kier molecular flexibility index (Phi) is 4.26. The number of rotatable bonds is 2. The highest BCUT2D eigenvalue weighted by Gasteiger charge is 2.35. The minimum absolute atomic E-state index is 0.173. The van der Waals surface area contributed by atoms with Crippen LogP contribution in [0.1, 0.15) is 16.5 Å². The van der Waals surface area contributed by atoms with Crippen LogP contribution in [0.25, 0.3) is 0 Å². The van der Waals surface area contributed by atoms with Gasteiger partial charge in [-0.25, -0.2) is 4.79 Å². The van der Waals surface area contributed by atoms with Crippen LogP contribution < -0.4 is 10.6 Å². The summed E-state index contributed by atoms with van der Waals surface area (Å²) < 4.78 is 0. The molecule has 6 nitrogen and oxygen atoms in total. The first-order valence-electron chi connectivity index (χ1n) is 7.08. The highest BCUT2D eigenvalue weighted by molar-refractivity contribution is 7.10. The first-order valence-corrected chi connectivity index (χ1v) is 7.96. The molecule has 3 rings (SSSR count). The van der Waals surface area contributed by atoms with Crippen molar-refractivity contribution in [2.75, 3.05) is 18.4 Å². The van der Waals surface area contributed by atoms with Gasteiger partial charge in [0.15, 0.2) is 0 Å². The van der Waals surface area contributed by atoms with Crippen LogP contribution in [0, 0.1) is 11.3 Å². The number of anilines is 1. The van der Waals surface area contributed by atoms with E-state index in [0.717, 1.165) is 4.88 Å². The average molecular weight is 326 g/mol. The second-order valence-electron chi connectivity index (χ2n) is 5.02. The zero-order chi connectivity index (χ0) is 16.2. The molecular weight excluding hydrogens is 312 g/mol. The van der Waals surface area contributed by atoms with E-state index in [1.54, 1.807) is 24.3 Å². The monoisotopic (exact) mass is 326 g/mol. The molecule has 0 spiro atoms. The zero-order valence-corrected chi connectivity index (χ0v) is 13.0. The number of hydrogen-bond acceptors (Lipinski definition) is 4. The predicted molar refractivity (Wildman–Crippen MR) is 87.0 cm³/mol. The van der Waals surface area contributed by atoms with Crippen molar-refractivity contribution in [3.8, 4) is 6.07 Å². The second-order valence-corrected chi connectivity index (χ2v) is 6.00. The maximum absolute atomic E-state index is 12.5. The number of nitriles is 1. The Balaban J connectivity index is 1.78. The van der Waals surface area contributed by atoms with Crippen LogP contribution in [-0.4, -0.2) is 29.9 Å². The Morgan fingerprint density at radius 3 is 2.78 bits per heavy atom. The summed E-state index contributed by atoms with van der Waals surface area (Å²) in [6.07, 6.45) is 0. The van der Waals surface area contributed by atoms with Gasteiger partial charge in [0.2, 0.25) is 5.91 Å². The minimum Gasteiger partial charge on any atom is -0.352 e. The third kappa shape index (κ3) is 3.17. The highest BCUT2D eigenvalue weighted by Crippen LogP contribution is 2.27. The summed E-state index contributed by atoms with van der Waals surface area (Å²) in [6, 6.07) is 11.4. The topological polar surface area (TPSA) is 85.2 Å². The Hall–Kier alpha value is -2.85. The van der Waals surface area contributed by atoms with E-state index in [1.165, 1.54) is 16.2 Å². The number of hydrogen-bond donors (Lipinski definition) is 2. The van der Waals surface area contributed by atoms with Gasteiger partial charge in [-0.1, -0.05) is 6.07 Å². The lowest BCUT2D eigenvalue weighted by molar-refractivity contribution is -0.127. The van der Waals surface area contributed by atoms with E-state index in [0.29, 0.717) is 24.3 Å². The lowest BCUT2D eigenvalue weighted by Crippen LogP contribution is -2.53. The Labute approximate surface area is 137 Å². The summed E-state index contributed by atoms with van der Waals surface area (Å²) in [6.45, 7) is 0.873. The number of urea groups is 1. The Morgan fingerprint density at radius 1 is 1.35 bits per heavy atom. The molecule has 7 heteroatoms. The molecule has 2 aromatic rings. The fraction of sp³-hybridized carbons (Fsp3) is 0.188. The van der Waals surface area contributed by atoms with E-state index in [-0.39, 0.29) is 11.9 Å². The molecule has 0 saturated carbocycles. The number of carbonyl (C=O) groups is 2. The molecule has 0 unspecified atom stereocenters. The number of piperazine rings is 1. The summed E-state index contributed by atoms with van der Waals surface area (Å²) in [5.41, 5.74) is 1.11. The largest absolute Gasteiger partial charge is 0.352 e. The number of nitrogens with one attached hydrogen (secondary N) is 2. The van der Waals surface area contributed by atoms with Crippen molar-refractivity contribution in [2.45, 2.75) is 6.04 Å². The van der Waals surface area contributed by atoms with Crippen LogP contribution in [0.15, 0.2) is 41.8 Å². The molecule has 2 N–H and O–H groups in total. The fourth-order valence-corrected chi connectivity index (χ4v) is 3.27. The first kappa shape index (κ1) is 15.1. The van der Waals surface area contributed by atoms with E-state index >= 15 is 0 Å². The van der Waals surface area contributed by atoms with Crippen LogP contribution >= 0.6 is 11.3 Å².